The van der Waals surface area contributed by atoms with Crippen molar-refractivity contribution in [1.29, 1.82) is 0 Å². The van der Waals surface area contributed by atoms with Crippen LogP contribution >= 0.6 is 11.3 Å². The maximum Gasteiger partial charge on any atom is 0.410 e. The van der Waals surface area contributed by atoms with Crippen LogP contribution in [0.1, 0.15) is 26.3 Å². The van der Waals surface area contributed by atoms with Crippen LogP contribution in [-0.4, -0.2) is 53.3 Å². The van der Waals surface area contributed by atoms with Crippen LogP contribution in [0, 0.1) is 15.9 Å². The van der Waals surface area contributed by atoms with Crippen LogP contribution in [0.25, 0.3) is 20.7 Å². The number of aromatic nitrogens is 1. The summed E-state index contributed by atoms with van der Waals surface area (Å²) in [5.41, 5.74) is 1.74. The summed E-state index contributed by atoms with van der Waals surface area (Å²) in [6.07, 6.45) is 1.81. The summed E-state index contributed by atoms with van der Waals surface area (Å²) in [5.74, 6) is -0.538. The second-order valence-corrected chi connectivity index (χ2v) is 11.1. The number of non-ortho nitro benzene ring substituents is 1. The van der Waals surface area contributed by atoms with Gasteiger partial charge in [-0.3, -0.25) is 15.1 Å². The van der Waals surface area contributed by atoms with Crippen molar-refractivity contribution >= 4 is 33.3 Å². The zero-order valence-corrected chi connectivity index (χ0v) is 23.5. The van der Waals surface area contributed by atoms with Crippen LogP contribution in [-0.2, 0) is 15.9 Å². The van der Waals surface area contributed by atoms with E-state index < -0.39 is 16.3 Å². The molecule has 0 aliphatic carbocycles. The van der Waals surface area contributed by atoms with E-state index in [0.717, 1.165) is 26.8 Å². The molecule has 1 amide bonds. The lowest BCUT2D eigenvalue weighted by atomic mass is 10.1. The minimum absolute atomic E-state index is 0.113. The Morgan fingerprint density at radius 3 is 2.60 bits per heavy atom. The number of methoxy groups -OCH3 is 1. The predicted molar refractivity (Wildman–Crippen MR) is 152 cm³/mol. The quantitative estimate of drug-likeness (QED) is 0.147. The minimum Gasteiger partial charge on any atom is -0.453 e. The van der Waals surface area contributed by atoms with Gasteiger partial charge >= 0.3 is 6.09 Å². The van der Waals surface area contributed by atoms with Gasteiger partial charge < -0.3 is 19.1 Å². The Morgan fingerprint density at radius 1 is 1.10 bits per heavy atom. The molecule has 0 radical (unpaired) electrons. The number of halogens is 1. The number of fused-ring (bicyclic) bond motifs is 1. The first-order valence-electron chi connectivity index (χ1n) is 12.6. The Morgan fingerprint density at radius 2 is 1.90 bits per heavy atom. The van der Waals surface area contributed by atoms with Crippen molar-refractivity contribution in [3.05, 3.63) is 82.3 Å². The molecule has 0 saturated carbocycles. The molecule has 0 bridgehead atoms. The topological polar surface area (TPSA) is 104 Å². The molecule has 4 rings (SSSR count). The van der Waals surface area contributed by atoms with E-state index in [1.54, 1.807) is 24.3 Å². The Kier molecular flexibility index (Phi) is 8.96. The summed E-state index contributed by atoms with van der Waals surface area (Å²) in [5, 5.41) is 10.9. The monoisotopic (exact) mass is 567 g/mol. The molecular formula is C29H30FN3O6S. The standard InChI is InChI=1S/C29H30FN3O6S/c1-29(2,3)39-28(34)32(14-15-37-4)13-11-19-6-5-7-20(16-19)26-18-23-27(40-26)25(10-12-31-23)38-24-9-8-21(33(35)36)17-22(24)30/h5-10,12,16-18H,11,13-15H2,1-4H3. The van der Waals surface area contributed by atoms with Gasteiger partial charge in [0.15, 0.2) is 11.6 Å². The zero-order valence-electron chi connectivity index (χ0n) is 22.7. The fraction of sp³-hybridized carbons (Fsp3) is 0.310. The third kappa shape index (κ3) is 7.30. The van der Waals surface area contributed by atoms with Crippen molar-refractivity contribution in [3.63, 3.8) is 0 Å². The molecule has 0 spiro atoms. The number of benzene rings is 2. The predicted octanol–water partition coefficient (Wildman–Crippen LogP) is 7.23. The SMILES string of the molecule is COCCN(CCc1cccc(-c2cc3nccc(Oc4ccc([N+](=O)[O-])cc4F)c3s2)c1)C(=O)OC(C)(C)C. The molecule has 0 saturated heterocycles. The average Bonchev–Trinajstić information content (AvgIpc) is 3.34. The van der Waals surface area contributed by atoms with E-state index in [1.165, 1.54) is 23.5 Å². The number of carbonyl (C=O) groups is 1. The van der Waals surface area contributed by atoms with Gasteiger partial charge in [-0.15, -0.1) is 11.3 Å². The summed E-state index contributed by atoms with van der Waals surface area (Å²) < 4.78 is 31.7. The van der Waals surface area contributed by atoms with Crippen molar-refractivity contribution in [2.24, 2.45) is 0 Å². The molecule has 0 fully saturated rings. The normalized spacial score (nSPS) is 11.4. The molecule has 0 aliphatic heterocycles. The molecule has 4 aromatic rings. The highest BCUT2D eigenvalue weighted by atomic mass is 32.1. The smallest absolute Gasteiger partial charge is 0.410 e. The lowest BCUT2D eigenvalue weighted by Crippen LogP contribution is -2.39. The number of ether oxygens (including phenoxy) is 3. The van der Waals surface area contributed by atoms with E-state index in [1.807, 2.05) is 45.0 Å². The van der Waals surface area contributed by atoms with E-state index in [4.69, 9.17) is 14.2 Å². The van der Waals surface area contributed by atoms with Crippen LogP contribution in [0.3, 0.4) is 0 Å². The Hall–Kier alpha value is -4.09. The van der Waals surface area contributed by atoms with Crippen molar-refractivity contribution in [3.8, 4) is 21.9 Å². The van der Waals surface area contributed by atoms with Crippen molar-refractivity contribution in [2.45, 2.75) is 32.8 Å². The summed E-state index contributed by atoms with van der Waals surface area (Å²) in [6, 6.07) is 14.8. The Balaban J connectivity index is 1.53. The third-order valence-electron chi connectivity index (χ3n) is 5.82. The maximum atomic E-state index is 14.5. The molecule has 0 unspecified atom stereocenters. The van der Waals surface area contributed by atoms with E-state index in [-0.39, 0.29) is 17.5 Å². The van der Waals surface area contributed by atoms with E-state index in [0.29, 0.717) is 37.4 Å². The molecule has 9 nitrogen and oxygen atoms in total. The molecule has 40 heavy (non-hydrogen) atoms. The number of thiophene rings is 1. The van der Waals surface area contributed by atoms with Crippen LogP contribution < -0.4 is 4.74 Å². The molecule has 0 atom stereocenters. The third-order valence-corrected chi connectivity index (χ3v) is 7.01. The van der Waals surface area contributed by atoms with Crippen molar-refractivity contribution < 1.29 is 28.3 Å². The minimum atomic E-state index is -0.824. The van der Waals surface area contributed by atoms with Gasteiger partial charge in [-0.1, -0.05) is 24.3 Å². The molecule has 2 heterocycles. The number of hydrogen-bond acceptors (Lipinski definition) is 8. The number of carbonyl (C=O) groups excluding carboxylic acids is 1. The van der Waals surface area contributed by atoms with Crippen LogP contribution in [0.2, 0.25) is 0 Å². The number of hydrogen-bond donors (Lipinski definition) is 0. The number of pyridine rings is 1. The lowest BCUT2D eigenvalue weighted by Gasteiger charge is -2.27. The van der Waals surface area contributed by atoms with Crippen molar-refractivity contribution in [1.82, 2.24) is 9.88 Å². The number of amides is 1. The van der Waals surface area contributed by atoms with Gasteiger partial charge in [-0.05, 0) is 50.5 Å². The summed E-state index contributed by atoms with van der Waals surface area (Å²) in [4.78, 5) is 29.9. The van der Waals surface area contributed by atoms with Gasteiger partial charge in [-0.2, -0.15) is 0 Å². The van der Waals surface area contributed by atoms with Gasteiger partial charge in [0.1, 0.15) is 11.4 Å². The largest absolute Gasteiger partial charge is 0.453 e. The second kappa shape index (κ2) is 12.4. The highest BCUT2D eigenvalue weighted by Crippen LogP contribution is 2.40. The van der Waals surface area contributed by atoms with Crippen LogP contribution in [0.4, 0.5) is 14.9 Å². The van der Waals surface area contributed by atoms with Crippen molar-refractivity contribution in [2.75, 3.05) is 26.8 Å². The number of nitro benzene ring substituents is 1. The molecular weight excluding hydrogens is 537 g/mol. The summed E-state index contributed by atoms with van der Waals surface area (Å²) in [7, 11) is 1.59. The first kappa shape index (κ1) is 28.9. The highest BCUT2D eigenvalue weighted by molar-refractivity contribution is 7.22. The van der Waals surface area contributed by atoms with E-state index in [2.05, 4.69) is 11.1 Å². The molecule has 210 valence electrons. The molecule has 0 aliphatic rings. The fourth-order valence-corrected chi connectivity index (χ4v) is 4.97. The maximum absolute atomic E-state index is 14.5. The summed E-state index contributed by atoms with van der Waals surface area (Å²) in [6.45, 7) is 6.80. The van der Waals surface area contributed by atoms with Gasteiger partial charge in [-0.25, -0.2) is 9.18 Å². The highest BCUT2D eigenvalue weighted by Gasteiger charge is 2.22. The number of nitro groups is 1. The van der Waals surface area contributed by atoms with E-state index in [9.17, 15) is 19.3 Å². The molecule has 2 aromatic carbocycles. The van der Waals surface area contributed by atoms with Gasteiger partial charge in [0.25, 0.3) is 5.69 Å². The molecule has 2 aromatic heterocycles. The zero-order chi connectivity index (χ0) is 28.9. The Labute approximate surface area is 235 Å². The van der Waals surface area contributed by atoms with Gasteiger partial charge in [0, 0.05) is 43.4 Å². The first-order valence-corrected chi connectivity index (χ1v) is 13.4. The number of nitrogens with zero attached hydrogens (tertiary/aromatic N) is 3. The summed E-state index contributed by atoms with van der Waals surface area (Å²) >= 11 is 1.45. The van der Waals surface area contributed by atoms with Crippen LogP contribution in [0.15, 0.2) is 60.8 Å². The Bertz CT molecular complexity index is 1520. The average molecular weight is 568 g/mol. The lowest BCUT2D eigenvalue weighted by molar-refractivity contribution is -0.385. The van der Waals surface area contributed by atoms with E-state index >= 15 is 0 Å². The molecule has 11 heteroatoms. The number of rotatable bonds is 10. The van der Waals surface area contributed by atoms with Crippen LogP contribution in [0.5, 0.6) is 11.5 Å². The first-order chi connectivity index (χ1) is 19.0. The van der Waals surface area contributed by atoms with Gasteiger partial charge in [0.2, 0.25) is 0 Å². The fourth-order valence-electron chi connectivity index (χ4n) is 3.91. The second-order valence-electron chi connectivity index (χ2n) is 10.0. The molecule has 0 N–H and O–H groups in total. The van der Waals surface area contributed by atoms with Gasteiger partial charge in [0.05, 0.1) is 27.8 Å².